The van der Waals surface area contributed by atoms with E-state index < -0.39 is 0 Å². The first-order chi connectivity index (χ1) is 16.1. The highest BCUT2D eigenvalue weighted by molar-refractivity contribution is 5.67. The molecule has 8 nitrogen and oxygen atoms in total. The molecule has 2 fully saturated rings. The number of nitrogens with two attached hydrogens (primary N) is 1. The largest absolute Gasteiger partial charge is 0.456 e. The number of fused-ring (bicyclic) bond motifs is 2. The summed E-state index contributed by atoms with van der Waals surface area (Å²) in [4.78, 5) is 16.2. The zero-order valence-electron chi connectivity index (χ0n) is 18.6. The third-order valence-corrected chi connectivity index (χ3v) is 6.14. The minimum absolute atomic E-state index is 0.351. The Labute approximate surface area is 193 Å². The van der Waals surface area contributed by atoms with E-state index in [9.17, 15) is 5.26 Å². The fraction of sp³-hybridized carbons (Fsp3) is 0.360. The summed E-state index contributed by atoms with van der Waals surface area (Å²) in [7, 11) is 0. The molecule has 0 aliphatic carbocycles. The van der Waals surface area contributed by atoms with Gasteiger partial charge in [0.05, 0.1) is 42.5 Å². The van der Waals surface area contributed by atoms with Gasteiger partial charge in [0, 0.05) is 30.2 Å². The molecule has 0 amide bonds. The van der Waals surface area contributed by atoms with Crippen molar-refractivity contribution < 1.29 is 9.47 Å². The topological polar surface area (TPSA) is 110 Å². The van der Waals surface area contributed by atoms with E-state index in [-0.39, 0.29) is 0 Å². The normalized spacial score (nSPS) is 19.4. The van der Waals surface area contributed by atoms with Crippen LogP contribution in [0.1, 0.15) is 29.7 Å². The maximum atomic E-state index is 9.43. The standard InChI is InChI=1S/C25H26N6O2/c1-16-8-21(10-24(30-16)31-19-3-4-20(31)15-32-14-19)33-23-9-17(11-27)2-5-22(23)25-28-12-18(6-7-26)13-29-25/h2,5,8-10,12-13,19-20H,3-4,6-7,14-15,26H2,1H3. The second kappa shape index (κ2) is 9.14. The predicted octanol–water partition coefficient (Wildman–Crippen LogP) is 3.38. The number of nitrogens with zero attached hydrogens (tertiary/aromatic N) is 5. The molecular weight excluding hydrogens is 416 g/mol. The van der Waals surface area contributed by atoms with Crippen LogP contribution in [-0.2, 0) is 11.2 Å². The molecule has 2 aliphatic rings. The summed E-state index contributed by atoms with van der Waals surface area (Å²) in [5.41, 5.74) is 8.70. The van der Waals surface area contributed by atoms with Crippen molar-refractivity contribution in [3.8, 4) is 29.0 Å². The Morgan fingerprint density at radius 1 is 1.15 bits per heavy atom. The van der Waals surface area contributed by atoms with Gasteiger partial charge in [-0.1, -0.05) is 0 Å². The molecule has 2 aromatic heterocycles. The quantitative estimate of drug-likeness (QED) is 0.619. The van der Waals surface area contributed by atoms with Crippen molar-refractivity contribution in [3.63, 3.8) is 0 Å². The summed E-state index contributed by atoms with van der Waals surface area (Å²) in [5, 5.41) is 9.43. The summed E-state index contributed by atoms with van der Waals surface area (Å²) in [6.45, 7) is 3.97. The minimum atomic E-state index is 0.351. The van der Waals surface area contributed by atoms with Gasteiger partial charge in [0.25, 0.3) is 0 Å². The fourth-order valence-electron chi connectivity index (χ4n) is 4.59. The maximum absolute atomic E-state index is 9.43. The van der Waals surface area contributed by atoms with Gasteiger partial charge < -0.3 is 20.1 Å². The molecule has 4 heterocycles. The first kappa shape index (κ1) is 21.3. The van der Waals surface area contributed by atoms with Crippen LogP contribution in [0.15, 0.2) is 42.7 Å². The van der Waals surface area contributed by atoms with Crippen LogP contribution in [-0.4, -0.2) is 46.8 Å². The number of rotatable bonds is 6. The van der Waals surface area contributed by atoms with E-state index in [0.717, 1.165) is 55.1 Å². The Morgan fingerprint density at radius 3 is 2.61 bits per heavy atom. The van der Waals surface area contributed by atoms with Crippen LogP contribution in [0.5, 0.6) is 11.5 Å². The number of aromatic nitrogens is 3. The Kier molecular flexibility index (Phi) is 5.90. The van der Waals surface area contributed by atoms with Gasteiger partial charge in [0.2, 0.25) is 0 Å². The van der Waals surface area contributed by atoms with E-state index >= 15 is 0 Å². The molecule has 8 heteroatoms. The SMILES string of the molecule is Cc1cc(Oc2cc(C#N)ccc2-c2ncc(CCN)cn2)cc(N2C3CCC2COC3)n1. The summed E-state index contributed by atoms with van der Waals surface area (Å²) < 4.78 is 12.1. The number of hydrogen-bond donors (Lipinski definition) is 1. The van der Waals surface area contributed by atoms with Crippen LogP contribution in [0.25, 0.3) is 11.4 Å². The molecule has 0 saturated carbocycles. The van der Waals surface area contributed by atoms with Crippen LogP contribution in [0.2, 0.25) is 0 Å². The molecule has 5 rings (SSSR count). The second-order valence-electron chi connectivity index (χ2n) is 8.51. The molecule has 2 aliphatic heterocycles. The van der Waals surface area contributed by atoms with Crippen molar-refractivity contribution in [3.05, 3.63) is 59.5 Å². The van der Waals surface area contributed by atoms with E-state index in [2.05, 4.69) is 20.9 Å². The summed E-state index contributed by atoms with van der Waals surface area (Å²) in [5.74, 6) is 2.63. The lowest BCUT2D eigenvalue weighted by molar-refractivity contribution is 0.0902. The number of aryl methyl sites for hydroxylation is 1. The lowest BCUT2D eigenvalue weighted by Crippen LogP contribution is -2.46. The van der Waals surface area contributed by atoms with Crippen molar-refractivity contribution in [2.24, 2.45) is 5.73 Å². The molecule has 2 unspecified atom stereocenters. The lowest BCUT2D eigenvalue weighted by Gasteiger charge is -2.35. The molecule has 1 aromatic carbocycles. The fourth-order valence-corrected chi connectivity index (χ4v) is 4.59. The monoisotopic (exact) mass is 442 g/mol. The van der Waals surface area contributed by atoms with E-state index in [1.807, 2.05) is 25.1 Å². The zero-order chi connectivity index (χ0) is 22.8. The first-order valence-electron chi connectivity index (χ1n) is 11.2. The zero-order valence-corrected chi connectivity index (χ0v) is 18.6. The highest BCUT2D eigenvalue weighted by Crippen LogP contribution is 2.37. The molecule has 2 saturated heterocycles. The van der Waals surface area contributed by atoms with Gasteiger partial charge in [-0.2, -0.15) is 5.26 Å². The Balaban J connectivity index is 1.49. The summed E-state index contributed by atoms with van der Waals surface area (Å²) in [6.07, 6.45) is 6.50. The van der Waals surface area contributed by atoms with Crippen LogP contribution >= 0.6 is 0 Å². The van der Waals surface area contributed by atoms with E-state index in [0.29, 0.717) is 41.5 Å². The average Bonchev–Trinajstić information content (AvgIpc) is 3.08. The van der Waals surface area contributed by atoms with Gasteiger partial charge in [0.15, 0.2) is 5.82 Å². The summed E-state index contributed by atoms with van der Waals surface area (Å²) >= 11 is 0. The van der Waals surface area contributed by atoms with Crippen molar-refractivity contribution >= 4 is 5.82 Å². The Morgan fingerprint density at radius 2 is 1.91 bits per heavy atom. The van der Waals surface area contributed by atoms with Crippen LogP contribution in [0.4, 0.5) is 5.82 Å². The number of benzene rings is 1. The number of hydrogen-bond acceptors (Lipinski definition) is 8. The number of pyridine rings is 1. The number of nitriles is 1. The van der Waals surface area contributed by atoms with Crippen molar-refractivity contribution in [1.82, 2.24) is 15.0 Å². The highest BCUT2D eigenvalue weighted by Gasteiger charge is 2.38. The van der Waals surface area contributed by atoms with Gasteiger partial charge in [-0.15, -0.1) is 0 Å². The third-order valence-electron chi connectivity index (χ3n) is 6.14. The molecule has 2 N–H and O–H groups in total. The molecule has 3 aromatic rings. The Bertz CT molecular complexity index is 1170. The maximum Gasteiger partial charge on any atom is 0.162 e. The van der Waals surface area contributed by atoms with Crippen LogP contribution < -0.4 is 15.4 Å². The smallest absolute Gasteiger partial charge is 0.162 e. The molecule has 168 valence electrons. The third kappa shape index (κ3) is 4.38. The predicted molar refractivity (Wildman–Crippen MR) is 124 cm³/mol. The average molecular weight is 443 g/mol. The van der Waals surface area contributed by atoms with Crippen LogP contribution in [0.3, 0.4) is 0 Å². The van der Waals surface area contributed by atoms with Crippen molar-refractivity contribution in [2.45, 2.75) is 38.3 Å². The molecule has 33 heavy (non-hydrogen) atoms. The number of morpholine rings is 1. The van der Waals surface area contributed by atoms with Crippen LogP contribution in [0, 0.1) is 18.3 Å². The summed E-state index contributed by atoms with van der Waals surface area (Å²) in [6, 6.07) is 12.0. The van der Waals surface area contributed by atoms with Gasteiger partial charge in [-0.05, 0) is 56.5 Å². The van der Waals surface area contributed by atoms with Crippen molar-refractivity contribution in [2.75, 3.05) is 24.7 Å². The highest BCUT2D eigenvalue weighted by atomic mass is 16.5. The molecule has 0 radical (unpaired) electrons. The van der Waals surface area contributed by atoms with Gasteiger partial charge in [0.1, 0.15) is 17.3 Å². The molecular formula is C25H26N6O2. The van der Waals surface area contributed by atoms with Crippen molar-refractivity contribution in [1.29, 1.82) is 5.26 Å². The Hall–Kier alpha value is -3.54. The van der Waals surface area contributed by atoms with Gasteiger partial charge in [-0.25, -0.2) is 15.0 Å². The number of anilines is 1. The lowest BCUT2D eigenvalue weighted by atomic mass is 10.1. The molecule has 0 spiro atoms. The van der Waals surface area contributed by atoms with E-state index in [1.54, 1.807) is 24.5 Å². The molecule has 2 atom stereocenters. The van der Waals surface area contributed by atoms with E-state index in [1.165, 1.54) is 0 Å². The van der Waals surface area contributed by atoms with Gasteiger partial charge in [-0.3, -0.25) is 0 Å². The number of ether oxygens (including phenoxy) is 2. The first-order valence-corrected chi connectivity index (χ1v) is 11.2. The van der Waals surface area contributed by atoms with E-state index in [4.69, 9.17) is 20.2 Å². The second-order valence-corrected chi connectivity index (χ2v) is 8.51. The molecule has 2 bridgehead atoms. The van der Waals surface area contributed by atoms with Gasteiger partial charge >= 0.3 is 0 Å². The minimum Gasteiger partial charge on any atom is -0.456 e.